The van der Waals surface area contributed by atoms with Crippen LogP contribution >= 0.6 is 23.2 Å². The van der Waals surface area contributed by atoms with Crippen molar-refractivity contribution in [2.45, 2.75) is 76.6 Å². The summed E-state index contributed by atoms with van der Waals surface area (Å²) in [4.78, 5) is 10.6. The number of nitrogens with one attached hydrogen (secondary N) is 1. The highest BCUT2D eigenvalue weighted by Gasteiger charge is 2.09. The number of unbranched alkanes of at least 4 members (excludes halogenated alkanes) is 9. The van der Waals surface area contributed by atoms with E-state index in [4.69, 9.17) is 23.2 Å². The van der Waals surface area contributed by atoms with E-state index in [1.54, 1.807) is 0 Å². The van der Waals surface area contributed by atoms with Gasteiger partial charge < -0.3 is 0 Å². The summed E-state index contributed by atoms with van der Waals surface area (Å²) in [6.45, 7) is 3.01. The molecule has 2 nitrogen and oxygen atoms in total. The van der Waals surface area contributed by atoms with E-state index < -0.39 is 10.7 Å². The summed E-state index contributed by atoms with van der Waals surface area (Å²) in [6.07, 6.45) is 13.1. The minimum atomic E-state index is -0.731. The molecule has 0 aromatic carbocycles. The standard InChI is InChI=1S/C14H27Cl2NO/c1-2-3-4-5-6-7-8-9-10-11-12-17-13(15)14(16)18/h13,17H,2-12H2,1H3. The molecule has 108 valence electrons. The molecule has 0 bridgehead atoms. The first-order chi connectivity index (χ1) is 8.68. The average Bonchev–Trinajstić information content (AvgIpc) is 2.35. The molecule has 0 fully saturated rings. The molecule has 1 N–H and O–H groups in total. The minimum Gasteiger partial charge on any atom is -0.294 e. The fourth-order valence-electron chi connectivity index (χ4n) is 1.92. The van der Waals surface area contributed by atoms with Gasteiger partial charge in [0, 0.05) is 0 Å². The van der Waals surface area contributed by atoms with Crippen LogP contribution in [0.5, 0.6) is 0 Å². The van der Waals surface area contributed by atoms with Crippen LogP contribution in [0.25, 0.3) is 0 Å². The van der Waals surface area contributed by atoms with Crippen molar-refractivity contribution in [3.63, 3.8) is 0 Å². The average molecular weight is 296 g/mol. The molecule has 0 aromatic heterocycles. The van der Waals surface area contributed by atoms with E-state index in [1.165, 1.54) is 57.8 Å². The van der Waals surface area contributed by atoms with Crippen LogP contribution in [0.3, 0.4) is 0 Å². The molecule has 0 aliphatic rings. The number of carbonyl (C=O) groups is 1. The van der Waals surface area contributed by atoms with Crippen LogP contribution in [0.4, 0.5) is 0 Å². The van der Waals surface area contributed by atoms with E-state index in [-0.39, 0.29) is 0 Å². The lowest BCUT2D eigenvalue weighted by Gasteiger charge is -2.06. The fraction of sp³-hybridized carbons (Fsp3) is 0.929. The lowest BCUT2D eigenvalue weighted by Crippen LogP contribution is -2.29. The van der Waals surface area contributed by atoms with E-state index in [9.17, 15) is 4.79 Å². The molecule has 0 aromatic rings. The Morgan fingerprint density at radius 1 is 0.944 bits per heavy atom. The van der Waals surface area contributed by atoms with Gasteiger partial charge in [0.2, 0.25) is 0 Å². The van der Waals surface area contributed by atoms with Crippen molar-refractivity contribution in [1.82, 2.24) is 5.32 Å². The Morgan fingerprint density at radius 2 is 1.39 bits per heavy atom. The van der Waals surface area contributed by atoms with Crippen molar-refractivity contribution >= 4 is 28.4 Å². The summed E-state index contributed by atoms with van der Waals surface area (Å²) in [6, 6.07) is 0. The van der Waals surface area contributed by atoms with E-state index in [2.05, 4.69) is 12.2 Å². The Balaban J connectivity index is 3.05. The maximum absolute atomic E-state index is 10.6. The van der Waals surface area contributed by atoms with Crippen molar-refractivity contribution in [2.75, 3.05) is 6.54 Å². The number of rotatable bonds is 13. The molecule has 4 heteroatoms. The first-order valence-electron chi connectivity index (χ1n) is 7.25. The van der Waals surface area contributed by atoms with Crippen LogP contribution in [-0.4, -0.2) is 17.3 Å². The first kappa shape index (κ1) is 18.2. The summed E-state index contributed by atoms with van der Waals surface area (Å²) < 4.78 is 0. The normalized spacial score (nSPS) is 12.6. The van der Waals surface area contributed by atoms with E-state index in [0.717, 1.165) is 13.0 Å². The third-order valence-corrected chi connectivity index (χ3v) is 3.74. The molecule has 0 heterocycles. The summed E-state index contributed by atoms with van der Waals surface area (Å²) in [5.41, 5.74) is -0.731. The summed E-state index contributed by atoms with van der Waals surface area (Å²) in [5, 5.41) is 2.37. The maximum atomic E-state index is 10.6. The second-order valence-electron chi connectivity index (χ2n) is 4.80. The largest absolute Gasteiger partial charge is 0.294 e. The molecular formula is C14H27Cl2NO. The third kappa shape index (κ3) is 12.7. The Labute approximate surface area is 122 Å². The lowest BCUT2D eigenvalue weighted by molar-refractivity contribution is -0.111. The molecule has 0 rings (SSSR count). The zero-order valence-electron chi connectivity index (χ0n) is 11.5. The summed E-state index contributed by atoms with van der Waals surface area (Å²) in [5.74, 6) is 0. The van der Waals surface area contributed by atoms with Gasteiger partial charge in [0.05, 0.1) is 0 Å². The van der Waals surface area contributed by atoms with E-state index >= 15 is 0 Å². The van der Waals surface area contributed by atoms with Crippen LogP contribution in [-0.2, 0) is 4.79 Å². The van der Waals surface area contributed by atoms with Crippen LogP contribution in [0.1, 0.15) is 71.1 Å². The van der Waals surface area contributed by atoms with Gasteiger partial charge in [-0.2, -0.15) is 0 Å². The number of hydrogen-bond donors (Lipinski definition) is 1. The zero-order valence-corrected chi connectivity index (χ0v) is 13.0. The molecular weight excluding hydrogens is 269 g/mol. The molecule has 1 atom stereocenters. The van der Waals surface area contributed by atoms with E-state index in [1.807, 2.05) is 0 Å². The zero-order chi connectivity index (χ0) is 13.6. The van der Waals surface area contributed by atoms with Gasteiger partial charge in [0.15, 0.2) is 5.50 Å². The van der Waals surface area contributed by atoms with Gasteiger partial charge in [0.25, 0.3) is 5.24 Å². The smallest absolute Gasteiger partial charge is 0.253 e. The van der Waals surface area contributed by atoms with Gasteiger partial charge >= 0.3 is 0 Å². The lowest BCUT2D eigenvalue weighted by atomic mass is 10.1. The molecule has 0 amide bonds. The molecule has 0 spiro atoms. The van der Waals surface area contributed by atoms with Gasteiger partial charge in [0.1, 0.15) is 0 Å². The highest BCUT2D eigenvalue weighted by atomic mass is 35.5. The number of hydrogen-bond acceptors (Lipinski definition) is 2. The Bertz CT molecular complexity index is 200. The third-order valence-electron chi connectivity index (χ3n) is 3.05. The first-order valence-corrected chi connectivity index (χ1v) is 8.06. The summed E-state index contributed by atoms with van der Waals surface area (Å²) in [7, 11) is 0. The molecule has 0 aliphatic heterocycles. The highest BCUT2D eigenvalue weighted by Crippen LogP contribution is 2.10. The molecule has 0 saturated carbocycles. The van der Waals surface area contributed by atoms with Crippen molar-refractivity contribution in [3.05, 3.63) is 0 Å². The van der Waals surface area contributed by atoms with Crippen LogP contribution in [0, 0.1) is 0 Å². The van der Waals surface area contributed by atoms with Crippen molar-refractivity contribution in [2.24, 2.45) is 0 Å². The van der Waals surface area contributed by atoms with Gasteiger partial charge in [-0.15, -0.1) is 0 Å². The minimum absolute atomic E-state index is 0.524. The van der Waals surface area contributed by atoms with Crippen molar-refractivity contribution in [3.8, 4) is 0 Å². The maximum Gasteiger partial charge on any atom is 0.253 e. The van der Waals surface area contributed by atoms with Gasteiger partial charge in [-0.05, 0) is 24.6 Å². The van der Waals surface area contributed by atoms with Crippen LogP contribution < -0.4 is 5.32 Å². The van der Waals surface area contributed by atoms with Crippen LogP contribution in [0.15, 0.2) is 0 Å². The number of carbonyl (C=O) groups excluding carboxylic acids is 1. The van der Waals surface area contributed by atoms with Crippen molar-refractivity contribution in [1.29, 1.82) is 0 Å². The Hall–Kier alpha value is 0.210. The molecule has 0 saturated heterocycles. The predicted octanol–water partition coefficient (Wildman–Crippen LogP) is 4.83. The molecule has 18 heavy (non-hydrogen) atoms. The van der Waals surface area contributed by atoms with Crippen LogP contribution in [0.2, 0.25) is 0 Å². The van der Waals surface area contributed by atoms with Gasteiger partial charge in [-0.25, -0.2) is 0 Å². The SMILES string of the molecule is CCCCCCCCCCCCNC(Cl)C(=O)Cl. The number of alkyl halides is 1. The predicted molar refractivity (Wildman–Crippen MR) is 80.3 cm³/mol. The number of halogens is 2. The molecule has 0 aliphatic carbocycles. The Morgan fingerprint density at radius 3 is 1.83 bits per heavy atom. The molecule has 0 radical (unpaired) electrons. The Kier molecular flexibility index (Phi) is 13.8. The second-order valence-corrected chi connectivity index (χ2v) is 5.61. The van der Waals surface area contributed by atoms with E-state index in [0.29, 0.717) is 0 Å². The van der Waals surface area contributed by atoms with Gasteiger partial charge in [-0.3, -0.25) is 10.1 Å². The van der Waals surface area contributed by atoms with Gasteiger partial charge in [-0.1, -0.05) is 76.3 Å². The quantitative estimate of drug-likeness (QED) is 0.228. The van der Waals surface area contributed by atoms with Crippen molar-refractivity contribution < 1.29 is 4.79 Å². The fourth-order valence-corrected chi connectivity index (χ4v) is 2.11. The topological polar surface area (TPSA) is 29.1 Å². The molecule has 1 unspecified atom stereocenters. The monoisotopic (exact) mass is 295 g/mol. The second kappa shape index (κ2) is 13.6. The summed E-state index contributed by atoms with van der Waals surface area (Å²) >= 11 is 10.9. The highest BCUT2D eigenvalue weighted by molar-refractivity contribution is 6.69.